The number of rotatable bonds is 0. The average Bonchev–Trinajstić information content (AvgIpc) is 3.28. The lowest BCUT2D eigenvalue weighted by molar-refractivity contribution is 0.607. The molecule has 0 fully saturated rings. The van der Waals surface area contributed by atoms with Crippen molar-refractivity contribution in [3.05, 3.63) is 49.3 Å². The first-order valence-electron chi connectivity index (χ1n) is 7.00. The third-order valence-electron chi connectivity index (χ3n) is 4.39. The molecular formula is C18H8O4. The van der Waals surface area contributed by atoms with Crippen LogP contribution in [0.4, 0.5) is 0 Å². The van der Waals surface area contributed by atoms with Crippen LogP contribution in [0, 0.1) is 0 Å². The molecule has 6 rings (SSSR count). The van der Waals surface area contributed by atoms with Crippen LogP contribution in [-0.2, 0) is 0 Å². The Kier molecular flexibility index (Phi) is 1.61. The molecule has 0 bridgehead atoms. The van der Waals surface area contributed by atoms with Crippen molar-refractivity contribution >= 4 is 54.6 Å². The molecule has 6 aromatic rings. The topological polar surface area (TPSA) is 52.6 Å². The second kappa shape index (κ2) is 3.36. The zero-order chi connectivity index (χ0) is 14.3. The van der Waals surface area contributed by atoms with Crippen LogP contribution in [0.5, 0.6) is 0 Å². The molecule has 0 spiro atoms. The summed E-state index contributed by atoms with van der Waals surface area (Å²) >= 11 is 0. The number of hydrogen-bond donors (Lipinski definition) is 0. The van der Waals surface area contributed by atoms with E-state index in [1.54, 1.807) is 25.1 Å². The van der Waals surface area contributed by atoms with Crippen molar-refractivity contribution in [1.82, 2.24) is 0 Å². The molecule has 0 unspecified atom stereocenters. The zero-order valence-electron chi connectivity index (χ0n) is 11.3. The Morgan fingerprint density at radius 2 is 0.818 bits per heavy atom. The fraction of sp³-hybridized carbons (Fsp3) is 0. The van der Waals surface area contributed by atoms with Crippen LogP contribution in [0.25, 0.3) is 54.6 Å². The Labute approximate surface area is 122 Å². The van der Waals surface area contributed by atoms with Crippen molar-refractivity contribution in [3.63, 3.8) is 0 Å². The molecule has 0 saturated carbocycles. The highest BCUT2D eigenvalue weighted by Gasteiger charge is 2.21. The van der Waals surface area contributed by atoms with Crippen molar-refractivity contribution in [2.45, 2.75) is 0 Å². The molecule has 0 aliphatic rings. The number of furan rings is 4. The molecule has 0 atom stereocenters. The normalized spacial score (nSPS) is 12.5. The molecule has 0 saturated heterocycles. The smallest absolute Gasteiger partial charge is 0.149 e. The Morgan fingerprint density at radius 3 is 1.32 bits per heavy atom. The van der Waals surface area contributed by atoms with Crippen LogP contribution in [0.2, 0.25) is 0 Å². The van der Waals surface area contributed by atoms with E-state index in [4.69, 9.17) is 17.7 Å². The first-order valence-corrected chi connectivity index (χ1v) is 7.00. The summed E-state index contributed by atoms with van der Waals surface area (Å²) in [5.41, 5.74) is 3.20. The Hall–Kier alpha value is -3.14. The van der Waals surface area contributed by atoms with Gasteiger partial charge in [-0.25, -0.2) is 0 Å². The van der Waals surface area contributed by atoms with Gasteiger partial charge >= 0.3 is 0 Å². The van der Waals surface area contributed by atoms with Gasteiger partial charge in [-0.3, -0.25) is 0 Å². The first kappa shape index (κ1) is 10.6. The third kappa shape index (κ3) is 1.01. The first-order chi connectivity index (χ1) is 10.9. The minimum atomic E-state index is 0.778. The Bertz CT molecular complexity index is 1120. The molecule has 0 amide bonds. The average molecular weight is 288 g/mol. The van der Waals surface area contributed by atoms with E-state index in [2.05, 4.69) is 0 Å². The van der Waals surface area contributed by atoms with E-state index in [-0.39, 0.29) is 0 Å². The van der Waals surface area contributed by atoms with Crippen molar-refractivity contribution in [1.29, 1.82) is 0 Å². The quantitative estimate of drug-likeness (QED) is 0.353. The molecule has 22 heavy (non-hydrogen) atoms. The monoisotopic (exact) mass is 288 g/mol. The van der Waals surface area contributed by atoms with Gasteiger partial charge < -0.3 is 17.7 Å². The fourth-order valence-electron chi connectivity index (χ4n) is 3.54. The second-order valence-electron chi connectivity index (χ2n) is 5.40. The van der Waals surface area contributed by atoms with Gasteiger partial charge in [0, 0.05) is 16.2 Å². The molecule has 4 aromatic heterocycles. The summed E-state index contributed by atoms with van der Waals surface area (Å²) < 4.78 is 22.9. The maximum atomic E-state index is 5.76. The molecule has 2 aromatic carbocycles. The van der Waals surface area contributed by atoms with Gasteiger partial charge in [-0.1, -0.05) is 0 Å². The second-order valence-corrected chi connectivity index (χ2v) is 5.40. The van der Waals surface area contributed by atoms with Crippen LogP contribution in [0.3, 0.4) is 0 Å². The minimum Gasteiger partial charge on any atom is -0.464 e. The molecular weight excluding hydrogens is 280 g/mol. The number of fused-ring (bicyclic) bond motifs is 11. The van der Waals surface area contributed by atoms with E-state index in [0.717, 1.165) is 54.6 Å². The van der Waals surface area contributed by atoms with Crippen LogP contribution >= 0.6 is 0 Å². The summed E-state index contributed by atoms with van der Waals surface area (Å²) in [5, 5.41) is 5.98. The van der Waals surface area contributed by atoms with E-state index >= 15 is 0 Å². The van der Waals surface area contributed by atoms with E-state index < -0.39 is 0 Å². The summed E-state index contributed by atoms with van der Waals surface area (Å²) in [6.07, 6.45) is 6.77. The maximum absolute atomic E-state index is 5.76. The van der Waals surface area contributed by atoms with Crippen molar-refractivity contribution < 1.29 is 17.7 Å². The Balaban J connectivity index is 2.19. The molecule has 4 heteroatoms. The summed E-state index contributed by atoms with van der Waals surface area (Å²) in [7, 11) is 0. The van der Waals surface area contributed by atoms with E-state index in [1.807, 2.05) is 24.3 Å². The third-order valence-corrected chi connectivity index (χ3v) is 4.39. The van der Waals surface area contributed by atoms with Crippen molar-refractivity contribution in [2.75, 3.05) is 0 Å². The van der Waals surface area contributed by atoms with Gasteiger partial charge in [-0.2, -0.15) is 0 Å². The Morgan fingerprint density at radius 1 is 0.409 bits per heavy atom. The summed E-state index contributed by atoms with van der Waals surface area (Å²) in [4.78, 5) is 0. The molecule has 104 valence electrons. The van der Waals surface area contributed by atoms with E-state index in [0.29, 0.717) is 0 Å². The lowest BCUT2D eigenvalue weighted by Crippen LogP contribution is -1.80. The largest absolute Gasteiger partial charge is 0.464 e. The minimum absolute atomic E-state index is 0.778. The summed E-state index contributed by atoms with van der Waals surface area (Å²) in [5.74, 6) is 0. The van der Waals surface area contributed by atoms with Gasteiger partial charge in [0.25, 0.3) is 0 Å². The van der Waals surface area contributed by atoms with Crippen LogP contribution in [-0.4, -0.2) is 0 Å². The highest BCUT2D eigenvalue weighted by Crippen LogP contribution is 2.44. The zero-order valence-corrected chi connectivity index (χ0v) is 11.3. The lowest BCUT2D eigenvalue weighted by Gasteiger charge is -2.04. The van der Waals surface area contributed by atoms with Crippen molar-refractivity contribution in [3.8, 4) is 0 Å². The predicted molar refractivity (Wildman–Crippen MR) is 83.0 cm³/mol. The number of hydrogen-bond acceptors (Lipinski definition) is 4. The number of benzene rings is 2. The van der Waals surface area contributed by atoms with Gasteiger partial charge in [0.1, 0.15) is 22.3 Å². The predicted octanol–water partition coefficient (Wildman–Crippen LogP) is 5.82. The molecule has 4 nitrogen and oxygen atoms in total. The molecule has 0 aliphatic heterocycles. The SMILES string of the molecule is c1cc2c(o1)c1ccoc1c1c3occc3c3occc3c21. The summed E-state index contributed by atoms with van der Waals surface area (Å²) in [6, 6.07) is 7.81. The van der Waals surface area contributed by atoms with E-state index in [9.17, 15) is 0 Å². The van der Waals surface area contributed by atoms with Gasteiger partial charge in [0.2, 0.25) is 0 Å². The molecule has 4 heterocycles. The fourth-order valence-corrected chi connectivity index (χ4v) is 3.54. The van der Waals surface area contributed by atoms with Crippen molar-refractivity contribution in [2.24, 2.45) is 0 Å². The van der Waals surface area contributed by atoms with Gasteiger partial charge in [0.15, 0.2) is 0 Å². The van der Waals surface area contributed by atoms with Crippen LogP contribution in [0.15, 0.2) is 67.0 Å². The highest BCUT2D eigenvalue weighted by atomic mass is 16.3. The van der Waals surface area contributed by atoms with Crippen LogP contribution in [0.1, 0.15) is 0 Å². The molecule has 0 radical (unpaired) electrons. The van der Waals surface area contributed by atoms with Gasteiger partial charge in [-0.15, -0.1) is 0 Å². The standard InChI is InChI=1S/C18H8O4/c1-5-19-15-9(1)13-10-2-6-20-16(10)12-4-8-22-18(12)14(13)17-11(15)3-7-21-17/h1-8H. The molecule has 0 aliphatic carbocycles. The summed E-state index contributed by atoms with van der Waals surface area (Å²) in [6.45, 7) is 0. The molecule has 0 N–H and O–H groups in total. The van der Waals surface area contributed by atoms with Gasteiger partial charge in [-0.05, 0) is 24.3 Å². The lowest BCUT2D eigenvalue weighted by atomic mass is 9.98. The van der Waals surface area contributed by atoms with Gasteiger partial charge in [0.05, 0.1) is 41.2 Å². The van der Waals surface area contributed by atoms with Crippen LogP contribution < -0.4 is 0 Å². The highest BCUT2D eigenvalue weighted by molar-refractivity contribution is 6.36. The van der Waals surface area contributed by atoms with E-state index in [1.165, 1.54) is 0 Å². The maximum Gasteiger partial charge on any atom is 0.149 e.